The number of aromatic nitrogens is 2. The van der Waals surface area contributed by atoms with E-state index in [1.165, 1.54) is 0 Å². The lowest BCUT2D eigenvalue weighted by Crippen LogP contribution is -2.03. The van der Waals surface area contributed by atoms with Gasteiger partial charge in [-0.25, -0.2) is 0 Å². The minimum absolute atomic E-state index is 0.0753. The molecule has 0 amide bonds. The fourth-order valence-electron chi connectivity index (χ4n) is 2.15. The van der Waals surface area contributed by atoms with Crippen LogP contribution in [0.2, 0.25) is 0 Å². The van der Waals surface area contributed by atoms with Crippen LogP contribution in [0.5, 0.6) is 5.75 Å². The first kappa shape index (κ1) is 12.7. The molecule has 1 aromatic heterocycles. The van der Waals surface area contributed by atoms with Crippen LogP contribution in [0.4, 0.5) is 0 Å². The third kappa shape index (κ3) is 2.65. The Bertz CT molecular complexity index is 692. The quantitative estimate of drug-likeness (QED) is 0.773. The molecule has 0 aliphatic heterocycles. The summed E-state index contributed by atoms with van der Waals surface area (Å²) in [6.07, 6.45) is 1.80. The minimum Gasteiger partial charge on any atom is -0.489 e. The molecule has 1 heterocycles. The first-order valence-corrected chi connectivity index (χ1v) is 6.60. The van der Waals surface area contributed by atoms with Gasteiger partial charge in [-0.15, -0.1) is 0 Å². The maximum Gasteiger partial charge on any atom is 0.121 e. The average molecular weight is 268 g/mol. The second-order valence-electron chi connectivity index (χ2n) is 4.59. The molecule has 102 valence electrons. The van der Waals surface area contributed by atoms with E-state index in [9.17, 15) is 0 Å². The SMILES string of the molecule is OCCn1ncc2ccc(OCc3ccccc3)cc21. The Balaban J connectivity index is 1.79. The van der Waals surface area contributed by atoms with Crippen molar-refractivity contribution in [1.82, 2.24) is 9.78 Å². The first-order chi connectivity index (χ1) is 9.86. The smallest absolute Gasteiger partial charge is 0.121 e. The van der Waals surface area contributed by atoms with E-state index in [0.717, 1.165) is 22.2 Å². The number of rotatable bonds is 5. The number of aliphatic hydroxyl groups excluding tert-OH is 1. The summed E-state index contributed by atoms with van der Waals surface area (Å²) in [4.78, 5) is 0. The molecule has 0 saturated heterocycles. The summed E-state index contributed by atoms with van der Waals surface area (Å²) in [5, 5.41) is 14.3. The van der Waals surface area contributed by atoms with Gasteiger partial charge in [0.15, 0.2) is 0 Å². The molecule has 20 heavy (non-hydrogen) atoms. The number of hydrogen-bond donors (Lipinski definition) is 1. The largest absolute Gasteiger partial charge is 0.489 e. The average Bonchev–Trinajstić information content (AvgIpc) is 2.89. The van der Waals surface area contributed by atoms with Gasteiger partial charge in [-0.2, -0.15) is 5.10 Å². The fraction of sp³-hybridized carbons (Fsp3) is 0.188. The number of nitrogens with zero attached hydrogens (tertiary/aromatic N) is 2. The van der Waals surface area contributed by atoms with Crippen LogP contribution in [0.15, 0.2) is 54.7 Å². The van der Waals surface area contributed by atoms with E-state index in [1.807, 2.05) is 48.5 Å². The summed E-state index contributed by atoms with van der Waals surface area (Å²) >= 11 is 0. The van der Waals surface area contributed by atoms with Gasteiger partial charge in [0.2, 0.25) is 0 Å². The monoisotopic (exact) mass is 268 g/mol. The van der Waals surface area contributed by atoms with Crippen LogP contribution in [0.1, 0.15) is 5.56 Å². The molecule has 2 aromatic carbocycles. The molecule has 4 heteroatoms. The van der Waals surface area contributed by atoms with E-state index in [4.69, 9.17) is 9.84 Å². The molecular weight excluding hydrogens is 252 g/mol. The molecule has 0 aliphatic carbocycles. The van der Waals surface area contributed by atoms with E-state index in [-0.39, 0.29) is 6.61 Å². The summed E-state index contributed by atoms with van der Waals surface area (Å²) in [6.45, 7) is 1.11. The topological polar surface area (TPSA) is 47.3 Å². The van der Waals surface area contributed by atoms with Crippen LogP contribution >= 0.6 is 0 Å². The summed E-state index contributed by atoms with van der Waals surface area (Å²) in [7, 11) is 0. The summed E-state index contributed by atoms with van der Waals surface area (Å²) in [5.41, 5.74) is 2.11. The molecule has 0 bridgehead atoms. The van der Waals surface area contributed by atoms with Crippen molar-refractivity contribution in [1.29, 1.82) is 0 Å². The lowest BCUT2D eigenvalue weighted by atomic mass is 10.2. The van der Waals surface area contributed by atoms with Gasteiger partial charge in [0, 0.05) is 11.5 Å². The summed E-state index contributed by atoms with van der Waals surface area (Å²) < 4.78 is 7.58. The Morgan fingerprint density at radius 1 is 1.10 bits per heavy atom. The highest BCUT2D eigenvalue weighted by Gasteiger charge is 2.04. The number of hydrogen-bond acceptors (Lipinski definition) is 3. The Morgan fingerprint density at radius 2 is 1.95 bits per heavy atom. The standard InChI is InChI=1S/C16H16N2O2/c19-9-8-18-16-10-15(7-6-14(16)11-17-18)20-12-13-4-2-1-3-5-13/h1-7,10-11,19H,8-9,12H2. The van der Waals surface area contributed by atoms with E-state index >= 15 is 0 Å². The van der Waals surface area contributed by atoms with E-state index in [0.29, 0.717) is 13.2 Å². The molecule has 3 aromatic rings. The van der Waals surface area contributed by atoms with Crippen LogP contribution in [-0.4, -0.2) is 21.5 Å². The van der Waals surface area contributed by atoms with Crippen molar-refractivity contribution in [2.75, 3.05) is 6.61 Å². The molecular formula is C16H16N2O2. The lowest BCUT2D eigenvalue weighted by Gasteiger charge is -2.07. The van der Waals surface area contributed by atoms with Crippen LogP contribution in [0.3, 0.4) is 0 Å². The van der Waals surface area contributed by atoms with Gasteiger partial charge < -0.3 is 9.84 Å². The van der Waals surface area contributed by atoms with Crippen LogP contribution in [-0.2, 0) is 13.2 Å². The number of benzene rings is 2. The van der Waals surface area contributed by atoms with Gasteiger partial charge >= 0.3 is 0 Å². The molecule has 0 radical (unpaired) electrons. The first-order valence-electron chi connectivity index (χ1n) is 6.60. The molecule has 1 N–H and O–H groups in total. The maximum atomic E-state index is 9.03. The van der Waals surface area contributed by atoms with Crippen LogP contribution in [0, 0.1) is 0 Å². The van der Waals surface area contributed by atoms with E-state index in [2.05, 4.69) is 5.10 Å². The Morgan fingerprint density at radius 3 is 2.75 bits per heavy atom. The molecule has 0 atom stereocenters. The normalized spacial score (nSPS) is 10.8. The molecule has 0 unspecified atom stereocenters. The lowest BCUT2D eigenvalue weighted by molar-refractivity contribution is 0.271. The molecule has 3 rings (SSSR count). The number of fused-ring (bicyclic) bond motifs is 1. The molecule has 0 aliphatic rings. The van der Waals surface area contributed by atoms with E-state index in [1.54, 1.807) is 10.9 Å². The van der Waals surface area contributed by atoms with Gasteiger partial charge in [-0.1, -0.05) is 30.3 Å². The molecule has 0 saturated carbocycles. The fourth-order valence-corrected chi connectivity index (χ4v) is 2.15. The van der Waals surface area contributed by atoms with E-state index < -0.39 is 0 Å². The van der Waals surface area contributed by atoms with Gasteiger partial charge in [-0.3, -0.25) is 4.68 Å². The van der Waals surface area contributed by atoms with Gasteiger partial charge in [-0.05, 0) is 17.7 Å². The zero-order valence-corrected chi connectivity index (χ0v) is 11.1. The van der Waals surface area contributed by atoms with Crippen LogP contribution < -0.4 is 4.74 Å². The van der Waals surface area contributed by atoms with Crippen molar-refractivity contribution in [3.63, 3.8) is 0 Å². The van der Waals surface area contributed by atoms with Gasteiger partial charge in [0.25, 0.3) is 0 Å². The van der Waals surface area contributed by atoms with Crippen LogP contribution in [0.25, 0.3) is 10.9 Å². The zero-order chi connectivity index (χ0) is 13.8. The number of ether oxygens (including phenoxy) is 1. The molecule has 4 nitrogen and oxygen atoms in total. The highest BCUT2D eigenvalue weighted by Crippen LogP contribution is 2.21. The third-order valence-corrected chi connectivity index (χ3v) is 3.18. The van der Waals surface area contributed by atoms with Gasteiger partial charge in [0.1, 0.15) is 12.4 Å². The second kappa shape index (κ2) is 5.75. The molecule has 0 fully saturated rings. The highest BCUT2D eigenvalue weighted by atomic mass is 16.5. The maximum absolute atomic E-state index is 9.03. The van der Waals surface area contributed by atoms with Crippen molar-refractivity contribution in [2.45, 2.75) is 13.2 Å². The van der Waals surface area contributed by atoms with Crippen molar-refractivity contribution in [2.24, 2.45) is 0 Å². The predicted molar refractivity (Wildman–Crippen MR) is 77.6 cm³/mol. The second-order valence-corrected chi connectivity index (χ2v) is 4.59. The van der Waals surface area contributed by atoms with Crippen molar-refractivity contribution in [3.05, 3.63) is 60.3 Å². The van der Waals surface area contributed by atoms with Crippen molar-refractivity contribution < 1.29 is 9.84 Å². The Hall–Kier alpha value is -2.33. The Kier molecular flexibility index (Phi) is 3.65. The minimum atomic E-state index is 0.0753. The third-order valence-electron chi connectivity index (χ3n) is 3.18. The summed E-state index contributed by atoms with van der Waals surface area (Å²) in [6, 6.07) is 15.9. The van der Waals surface area contributed by atoms with Crippen molar-refractivity contribution in [3.8, 4) is 5.75 Å². The molecule has 0 spiro atoms. The van der Waals surface area contributed by atoms with Crippen molar-refractivity contribution >= 4 is 10.9 Å². The predicted octanol–water partition coefficient (Wildman–Crippen LogP) is 2.61. The summed E-state index contributed by atoms with van der Waals surface area (Å²) in [5.74, 6) is 0.807. The highest BCUT2D eigenvalue weighted by molar-refractivity contribution is 5.80. The number of aliphatic hydroxyl groups is 1. The zero-order valence-electron chi connectivity index (χ0n) is 11.1. The Labute approximate surface area is 117 Å². The van der Waals surface area contributed by atoms with Gasteiger partial charge in [0.05, 0.1) is 24.9 Å².